The van der Waals surface area contributed by atoms with Gasteiger partial charge in [0.2, 0.25) is 0 Å². The Hall–Kier alpha value is -0.793. The van der Waals surface area contributed by atoms with Crippen molar-refractivity contribution in [3.05, 3.63) is 44.6 Å². The van der Waals surface area contributed by atoms with Crippen LogP contribution in [0.4, 0.5) is 0 Å². The first kappa shape index (κ1) is 19.5. The molecule has 4 nitrogen and oxygen atoms in total. The minimum Gasteiger partial charge on any atom is -0.413 e. The fraction of sp³-hybridized carbons (Fsp3) is 0.529. The third-order valence-corrected chi connectivity index (χ3v) is 10.6. The van der Waals surface area contributed by atoms with E-state index >= 15 is 0 Å². The summed E-state index contributed by atoms with van der Waals surface area (Å²) in [6.45, 7) is 13.8. The molecule has 2 aromatic heterocycles. The zero-order valence-electron chi connectivity index (χ0n) is 15.1. The molecule has 2 aromatic rings. The van der Waals surface area contributed by atoms with Crippen LogP contribution in [0.15, 0.2) is 18.6 Å². The molecule has 0 fully saturated rings. The van der Waals surface area contributed by atoms with E-state index in [1.165, 1.54) is 6.33 Å². The smallest absolute Gasteiger partial charge is 0.192 e. The number of aromatic nitrogens is 2. The van der Waals surface area contributed by atoms with Gasteiger partial charge in [-0.05, 0) is 36.7 Å². The summed E-state index contributed by atoms with van der Waals surface area (Å²) in [4.78, 5) is 9.86. The van der Waals surface area contributed by atoms with Crippen LogP contribution >= 0.6 is 22.9 Å². The number of rotatable bonds is 5. The van der Waals surface area contributed by atoms with Crippen molar-refractivity contribution in [3.8, 4) is 0 Å². The van der Waals surface area contributed by atoms with Gasteiger partial charge in [0.25, 0.3) is 0 Å². The molecule has 1 atom stereocenters. The zero-order valence-corrected chi connectivity index (χ0v) is 17.6. The molecular formula is C17H25ClN2O2SSi. The molecule has 2 heterocycles. The van der Waals surface area contributed by atoms with Crippen molar-refractivity contribution < 1.29 is 9.53 Å². The summed E-state index contributed by atoms with van der Waals surface area (Å²) in [6, 6.07) is 2.00. The van der Waals surface area contributed by atoms with E-state index in [9.17, 15) is 5.11 Å². The van der Waals surface area contributed by atoms with Gasteiger partial charge < -0.3 is 9.53 Å². The molecule has 0 saturated heterocycles. The molecule has 0 spiro atoms. The monoisotopic (exact) mass is 384 g/mol. The molecule has 7 heteroatoms. The Morgan fingerprint density at radius 3 is 2.62 bits per heavy atom. The largest absolute Gasteiger partial charge is 0.413 e. The highest BCUT2D eigenvalue weighted by Gasteiger charge is 2.37. The number of hydrogen-bond acceptors (Lipinski definition) is 5. The molecule has 0 amide bonds. The lowest BCUT2D eigenvalue weighted by Crippen LogP contribution is -2.40. The predicted octanol–water partition coefficient (Wildman–Crippen LogP) is 5.10. The number of aryl methyl sites for hydroxylation is 1. The highest BCUT2D eigenvalue weighted by molar-refractivity contribution is 7.12. The molecule has 24 heavy (non-hydrogen) atoms. The van der Waals surface area contributed by atoms with E-state index in [1.54, 1.807) is 17.5 Å². The van der Waals surface area contributed by atoms with E-state index in [0.29, 0.717) is 12.2 Å². The summed E-state index contributed by atoms with van der Waals surface area (Å²) in [7, 11) is -1.80. The van der Waals surface area contributed by atoms with E-state index in [0.717, 1.165) is 15.3 Å². The topological polar surface area (TPSA) is 55.2 Å². The van der Waals surface area contributed by atoms with Gasteiger partial charge in [0.1, 0.15) is 17.6 Å². The van der Waals surface area contributed by atoms with Crippen LogP contribution in [0.2, 0.25) is 23.3 Å². The quantitative estimate of drug-likeness (QED) is 0.575. The van der Waals surface area contributed by atoms with Crippen molar-refractivity contribution >= 4 is 31.3 Å². The molecule has 0 aliphatic rings. The van der Waals surface area contributed by atoms with Gasteiger partial charge in [-0.15, -0.1) is 11.3 Å². The van der Waals surface area contributed by atoms with E-state index in [2.05, 4.69) is 43.8 Å². The molecule has 0 aliphatic carbocycles. The zero-order chi connectivity index (χ0) is 18.1. The predicted molar refractivity (Wildman–Crippen MR) is 102 cm³/mol. The van der Waals surface area contributed by atoms with Crippen LogP contribution in [0.25, 0.3) is 0 Å². The maximum Gasteiger partial charge on any atom is 0.192 e. The lowest BCUT2D eigenvalue weighted by Gasteiger charge is -2.36. The molecule has 132 valence electrons. The van der Waals surface area contributed by atoms with Crippen LogP contribution in [0.5, 0.6) is 0 Å². The minimum absolute atomic E-state index is 0.175. The first-order chi connectivity index (χ1) is 11.0. The second kappa shape index (κ2) is 7.21. The Kier molecular flexibility index (Phi) is 5.87. The van der Waals surface area contributed by atoms with Crippen molar-refractivity contribution in [1.82, 2.24) is 9.97 Å². The Labute approximate surface area is 154 Å². The Bertz CT molecular complexity index is 713. The average molecular weight is 385 g/mol. The van der Waals surface area contributed by atoms with E-state index < -0.39 is 14.4 Å². The van der Waals surface area contributed by atoms with Crippen molar-refractivity contribution in [2.75, 3.05) is 0 Å². The standard InChI is InChI=1S/C17H25ClN2O2SSi/c1-11-12(9-22-24(5,6)17(2,3)4)7-14(23-11)15(21)13-8-19-10-20-16(13)18/h7-8,10,15,21H,9H2,1-6H3. The molecule has 0 bridgehead atoms. The van der Waals surface area contributed by atoms with Gasteiger partial charge in [-0.3, -0.25) is 0 Å². The number of hydrogen-bond donors (Lipinski definition) is 1. The molecule has 0 aromatic carbocycles. The van der Waals surface area contributed by atoms with Gasteiger partial charge in [-0.1, -0.05) is 32.4 Å². The summed E-state index contributed by atoms with van der Waals surface area (Å²) in [5.41, 5.74) is 1.64. The maximum atomic E-state index is 10.6. The first-order valence-electron chi connectivity index (χ1n) is 7.89. The van der Waals surface area contributed by atoms with Gasteiger partial charge in [0.15, 0.2) is 8.32 Å². The Balaban J connectivity index is 2.18. The lowest BCUT2D eigenvalue weighted by atomic mass is 10.1. The van der Waals surface area contributed by atoms with E-state index in [1.807, 2.05) is 13.0 Å². The van der Waals surface area contributed by atoms with E-state index in [4.69, 9.17) is 16.0 Å². The van der Waals surface area contributed by atoms with Crippen molar-refractivity contribution in [2.45, 2.75) is 58.5 Å². The van der Waals surface area contributed by atoms with Crippen LogP contribution in [-0.4, -0.2) is 23.4 Å². The molecule has 0 radical (unpaired) electrons. The van der Waals surface area contributed by atoms with Crippen molar-refractivity contribution in [1.29, 1.82) is 0 Å². The summed E-state index contributed by atoms with van der Waals surface area (Å²) < 4.78 is 6.30. The van der Waals surface area contributed by atoms with Crippen LogP contribution in [-0.2, 0) is 11.0 Å². The number of thiophene rings is 1. The number of halogens is 1. The summed E-state index contributed by atoms with van der Waals surface area (Å²) >= 11 is 7.62. The highest BCUT2D eigenvalue weighted by Crippen LogP contribution is 2.38. The van der Waals surface area contributed by atoms with Crippen LogP contribution in [0, 0.1) is 6.92 Å². The highest BCUT2D eigenvalue weighted by atomic mass is 35.5. The number of aliphatic hydroxyl groups is 1. The summed E-state index contributed by atoms with van der Waals surface area (Å²) in [5.74, 6) is 0. The molecule has 0 aliphatic heterocycles. The molecule has 1 N–H and O–H groups in total. The van der Waals surface area contributed by atoms with Gasteiger partial charge in [-0.25, -0.2) is 9.97 Å². The lowest BCUT2D eigenvalue weighted by molar-refractivity contribution is 0.223. The SMILES string of the molecule is Cc1sc(C(O)c2cncnc2Cl)cc1CO[Si](C)(C)C(C)(C)C. The Morgan fingerprint density at radius 2 is 2.04 bits per heavy atom. The third kappa shape index (κ3) is 4.24. The van der Waals surface area contributed by atoms with Gasteiger partial charge in [0.05, 0.1) is 6.61 Å². The summed E-state index contributed by atoms with van der Waals surface area (Å²) in [5, 5.41) is 11.0. The average Bonchev–Trinajstić information content (AvgIpc) is 2.85. The molecule has 0 saturated carbocycles. The molecular weight excluding hydrogens is 360 g/mol. The normalized spacial score (nSPS) is 14.0. The van der Waals surface area contributed by atoms with Crippen LogP contribution in [0.1, 0.15) is 47.8 Å². The van der Waals surface area contributed by atoms with E-state index in [-0.39, 0.29) is 10.2 Å². The second-order valence-corrected chi connectivity index (χ2v) is 13.9. The van der Waals surface area contributed by atoms with Crippen LogP contribution < -0.4 is 0 Å². The fourth-order valence-electron chi connectivity index (χ4n) is 1.96. The van der Waals surface area contributed by atoms with Crippen molar-refractivity contribution in [2.24, 2.45) is 0 Å². The fourth-order valence-corrected chi connectivity index (χ4v) is 4.15. The Morgan fingerprint density at radius 1 is 1.38 bits per heavy atom. The van der Waals surface area contributed by atoms with Crippen molar-refractivity contribution in [3.63, 3.8) is 0 Å². The van der Waals surface area contributed by atoms with Gasteiger partial charge in [0, 0.05) is 21.5 Å². The molecule has 2 rings (SSSR count). The van der Waals surface area contributed by atoms with Gasteiger partial charge >= 0.3 is 0 Å². The van der Waals surface area contributed by atoms with Crippen LogP contribution in [0.3, 0.4) is 0 Å². The minimum atomic E-state index is -1.80. The number of aliphatic hydroxyl groups excluding tert-OH is 1. The first-order valence-corrected chi connectivity index (χ1v) is 12.0. The third-order valence-electron chi connectivity index (χ3n) is 4.69. The second-order valence-electron chi connectivity index (χ2n) is 7.45. The maximum absolute atomic E-state index is 10.6. The number of nitrogens with zero attached hydrogens (tertiary/aromatic N) is 2. The molecule has 1 unspecified atom stereocenters. The van der Waals surface area contributed by atoms with Gasteiger partial charge in [-0.2, -0.15) is 0 Å². The summed E-state index contributed by atoms with van der Waals surface area (Å²) in [6.07, 6.45) is 2.11.